The summed E-state index contributed by atoms with van der Waals surface area (Å²) >= 11 is 0. The molecular weight excluding hydrogens is 515 g/mol. The Balaban J connectivity index is 0.00000380. The molecule has 6 nitrogen and oxygen atoms in total. The normalized spacial score (nSPS) is 20.5. The van der Waals surface area contributed by atoms with Gasteiger partial charge in [0.2, 0.25) is 5.91 Å². The average molecular weight is 551 g/mol. The molecule has 0 saturated heterocycles. The zero-order valence-electron chi connectivity index (χ0n) is 21.2. The van der Waals surface area contributed by atoms with Gasteiger partial charge in [-0.05, 0) is 104 Å². The minimum Gasteiger partial charge on any atom is -0.383 e. The topological polar surface area (TPSA) is 75.7 Å². The van der Waals surface area contributed by atoms with Crippen LogP contribution in [0.5, 0.6) is 5.75 Å². The number of halogens is 2. The molecule has 37 heavy (non-hydrogen) atoms. The highest BCUT2D eigenvalue weighted by Gasteiger charge is 2.23. The lowest BCUT2D eigenvalue weighted by Crippen LogP contribution is -2.37. The van der Waals surface area contributed by atoms with Gasteiger partial charge in [-0.25, -0.2) is 4.39 Å². The summed E-state index contributed by atoms with van der Waals surface area (Å²) in [5, 5.41) is 3.11. The van der Waals surface area contributed by atoms with Crippen LogP contribution in [-0.2, 0) is 27.8 Å². The number of carbonyl (C=O) groups excluding carboxylic acids is 1. The van der Waals surface area contributed by atoms with Crippen molar-refractivity contribution in [2.45, 2.75) is 51.0 Å². The number of rotatable bonds is 8. The molecule has 9 heteroatoms. The predicted molar refractivity (Wildman–Crippen MR) is 147 cm³/mol. The summed E-state index contributed by atoms with van der Waals surface area (Å²) in [7, 11) is -3.52. The first-order chi connectivity index (χ1) is 17.2. The summed E-state index contributed by atoms with van der Waals surface area (Å²) in [4.78, 5) is 14.8. The van der Waals surface area contributed by atoms with Crippen LogP contribution in [-0.4, -0.2) is 51.2 Å². The molecule has 1 amide bonds. The van der Waals surface area contributed by atoms with Crippen LogP contribution in [0.15, 0.2) is 48.5 Å². The number of nitrogens with zero attached hydrogens (tertiary/aromatic N) is 1. The molecular formula is C28H36ClFN2O4S. The van der Waals surface area contributed by atoms with Gasteiger partial charge in [0.05, 0.1) is 6.26 Å². The van der Waals surface area contributed by atoms with E-state index in [0.717, 1.165) is 76.4 Å². The zero-order valence-corrected chi connectivity index (χ0v) is 22.8. The summed E-state index contributed by atoms with van der Waals surface area (Å²) < 4.78 is 40.9. The summed E-state index contributed by atoms with van der Waals surface area (Å²) in [6.07, 6.45) is 11.5. The highest BCUT2D eigenvalue weighted by atomic mass is 35.5. The van der Waals surface area contributed by atoms with Gasteiger partial charge in [-0.2, -0.15) is 8.42 Å². The molecule has 0 spiro atoms. The van der Waals surface area contributed by atoms with Crippen LogP contribution >= 0.6 is 12.4 Å². The number of benzene rings is 2. The van der Waals surface area contributed by atoms with Gasteiger partial charge in [0.1, 0.15) is 11.6 Å². The van der Waals surface area contributed by atoms with E-state index < -0.39 is 10.1 Å². The molecule has 1 aliphatic carbocycles. The molecule has 0 radical (unpaired) electrons. The van der Waals surface area contributed by atoms with Crippen molar-refractivity contribution in [2.75, 3.05) is 25.9 Å². The van der Waals surface area contributed by atoms with Crippen LogP contribution in [0, 0.1) is 11.7 Å². The van der Waals surface area contributed by atoms with E-state index in [1.807, 2.05) is 12.1 Å². The van der Waals surface area contributed by atoms with E-state index in [9.17, 15) is 17.6 Å². The van der Waals surface area contributed by atoms with Gasteiger partial charge in [0, 0.05) is 25.2 Å². The monoisotopic (exact) mass is 550 g/mol. The molecule has 2 aromatic carbocycles. The Bertz CT molecular complexity index is 1180. The predicted octanol–water partition coefficient (Wildman–Crippen LogP) is 4.77. The Labute approximate surface area is 225 Å². The number of amides is 1. The third-order valence-electron chi connectivity index (χ3n) is 7.16. The molecule has 202 valence electrons. The van der Waals surface area contributed by atoms with E-state index in [0.29, 0.717) is 11.7 Å². The minimum atomic E-state index is -3.52. The van der Waals surface area contributed by atoms with Gasteiger partial charge in [-0.1, -0.05) is 18.2 Å². The number of fused-ring (bicyclic) bond motifs is 1. The van der Waals surface area contributed by atoms with E-state index in [4.69, 9.17) is 4.18 Å². The Hall–Kier alpha value is -2.42. The highest BCUT2D eigenvalue weighted by Crippen LogP contribution is 2.28. The van der Waals surface area contributed by atoms with Crippen LogP contribution in [0.4, 0.5) is 4.39 Å². The summed E-state index contributed by atoms with van der Waals surface area (Å²) in [6.45, 7) is 3.02. The van der Waals surface area contributed by atoms with Crippen LogP contribution in [0.2, 0.25) is 0 Å². The third-order valence-corrected chi connectivity index (χ3v) is 7.66. The van der Waals surface area contributed by atoms with Crippen molar-refractivity contribution in [1.29, 1.82) is 0 Å². The smallest absolute Gasteiger partial charge is 0.306 e. The zero-order chi connectivity index (χ0) is 25.5. The highest BCUT2D eigenvalue weighted by molar-refractivity contribution is 7.86. The van der Waals surface area contributed by atoms with Crippen molar-refractivity contribution < 1.29 is 21.8 Å². The largest absolute Gasteiger partial charge is 0.383 e. The summed E-state index contributed by atoms with van der Waals surface area (Å²) in [6, 6.07) is 11.9. The Morgan fingerprint density at radius 3 is 2.41 bits per heavy atom. The van der Waals surface area contributed by atoms with Gasteiger partial charge in [-0.15, -0.1) is 12.4 Å². The van der Waals surface area contributed by atoms with E-state index in [1.54, 1.807) is 24.3 Å². The van der Waals surface area contributed by atoms with Gasteiger partial charge >= 0.3 is 10.1 Å². The lowest BCUT2D eigenvalue weighted by molar-refractivity contribution is -0.117. The first-order valence-corrected chi connectivity index (χ1v) is 14.5. The molecule has 2 aliphatic rings. The average Bonchev–Trinajstić information content (AvgIpc) is 3.04. The fourth-order valence-corrected chi connectivity index (χ4v) is 5.61. The molecule has 1 aliphatic heterocycles. The first kappa shape index (κ1) is 29.1. The van der Waals surface area contributed by atoms with Crippen molar-refractivity contribution in [2.24, 2.45) is 5.92 Å². The molecule has 1 N–H and O–H groups in total. The molecule has 2 aromatic rings. The Morgan fingerprint density at radius 1 is 1.05 bits per heavy atom. The third kappa shape index (κ3) is 9.43. The SMILES string of the molecule is CS(=O)(=O)Oc1ccc2c(c1)CCN(CCC1CCC(NC(=O)/C=C/c3ccc(F)cc3)CC1)CC2.Cl. The fraction of sp³-hybridized carbons (Fsp3) is 0.464. The molecule has 0 unspecified atom stereocenters. The van der Waals surface area contributed by atoms with Gasteiger partial charge in [-0.3, -0.25) is 4.79 Å². The van der Waals surface area contributed by atoms with Crippen molar-refractivity contribution in [3.05, 3.63) is 71.0 Å². The second-order valence-corrected chi connectivity index (χ2v) is 11.5. The molecule has 1 heterocycles. The van der Waals surface area contributed by atoms with Gasteiger partial charge in [0.15, 0.2) is 0 Å². The van der Waals surface area contributed by atoms with Crippen LogP contribution in [0.1, 0.15) is 48.8 Å². The maximum absolute atomic E-state index is 13.0. The van der Waals surface area contributed by atoms with Crippen LogP contribution < -0.4 is 9.50 Å². The maximum Gasteiger partial charge on any atom is 0.306 e. The maximum atomic E-state index is 13.0. The number of carbonyl (C=O) groups is 1. The van der Waals surface area contributed by atoms with Crippen molar-refractivity contribution in [3.63, 3.8) is 0 Å². The lowest BCUT2D eigenvalue weighted by atomic mass is 9.84. The Morgan fingerprint density at radius 2 is 1.73 bits per heavy atom. The molecule has 1 saturated carbocycles. The fourth-order valence-electron chi connectivity index (χ4n) is 5.15. The number of hydrogen-bond donors (Lipinski definition) is 1. The van der Waals surface area contributed by atoms with E-state index >= 15 is 0 Å². The Kier molecular flexibility index (Phi) is 10.6. The standard InChI is InChI=1S/C28H35FN2O4S.ClH/c1-36(33,34)35-27-12-7-23-15-18-31(19-16-24(23)20-27)17-14-22-4-10-26(11-5-22)30-28(32)13-6-21-2-8-25(29)9-3-21;/h2-3,6-9,12-13,20,22,26H,4-5,10-11,14-19H2,1H3,(H,30,32);1H/b13-6+;. The molecule has 0 bridgehead atoms. The van der Waals surface area contributed by atoms with Crippen LogP contribution in [0.25, 0.3) is 6.08 Å². The molecule has 1 fully saturated rings. The number of hydrogen-bond acceptors (Lipinski definition) is 5. The van der Waals surface area contributed by atoms with Crippen molar-refractivity contribution >= 4 is 34.5 Å². The lowest BCUT2D eigenvalue weighted by Gasteiger charge is -2.30. The van der Waals surface area contributed by atoms with Crippen molar-refractivity contribution in [3.8, 4) is 5.75 Å². The summed E-state index contributed by atoms with van der Waals surface area (Å²) in [5.74, 6) is 0.676. The van der Waals surface area contributed by atoms with E-state index in [2.05, 4.69) is 10.2 Å². The van der Waals surface area contributed by atoms with E-state index in [1.165, 1.54) is 29.3 Å². The van der Waals surface area contributed by atoms with Gasteiger partial charge in [0.25, 0.3) is 0 Å². The van der Waals surface area contributed by atoms with Gasteiger partial charge < -0.3 is 14.4 Å². The molecule has 0 atom stereocenters. The first-order valence-electron chi connectivity index (χ1n) is 12.7. The second kappa shape index (κ2) is 13.4. The quantitative estimate of drug-likeness (QED) is 0.379. The van der Waals surface area contributed by atoms with Crippen LogP contribution in [0.3, 0.4) is 0 Å². The molecule has 0 aromatic heterocycles. The number of nitrogens with one attached hydrogen (secondary N) is 1. The molecule has 4 rings (SSSR count). The van der Waals surface area contributed by atoms with E-state index in [-0.39, 0.29) is 30.2 Å². The summed E-state index contributed by atoms with van der Waals surface area (Å²) in [5.41, 5.74) is 3.24. The second-order valence-electron chi connectivity index (χ2n) is 9.96. The van der Waals surface area contributed by atoms with Crippen molar-refractivity contribution in [1.82, 2.24) is 10.2 Å². The minimum absolute atomic E-state index is 0.